The van der Waals surface area contributed by atoms with Gasteiger partial charge in [0.05, 0.1) is 29.7 Å². The molecule has 2 rings (SSSR count). The fourth-order valence-corrected chi connectivity index (χ4v) is 2.54. The van der Waals surface area contributed by atoms with E-state index in [1.165, 1.54) is 0 Å². The Kier molecular flexibility index (Phi) is 4.20. The van der Waals surface area contributed by atoms with Crippen molar-refractivity contribution in [2.75, 3.05) is 23.7 Å². The number of para-hydroxylation sites is 1. The Morgan fingerprint density at radius 3 is 2.47 bits per heavy atom. The third-order valence-electron chi connectivity index (χ3n) is 3.17. The Hall–Kier alpha value is -1.42. The zero-order valence-electron chi connectivity index (χ0n) is 12.2. The zero-order chi connectivity index (χ0) is 14.0. The first kappa shape index (κ1) is 14.0. The summed E-state index contributed by atoms with van der Waals surface area (Å²) in [7, 11) is 0. The van der Waals surface area contributed by atoms with Crippen molar-refractivity contribution >= 4 is 11.4 Å². The van der Waals surface area contributed by atoms with Gasteiger partial charge in [0.25, 0.3) is 0 Å². The van der Waals surface area contributed by atoms with Crippen molar-refractivity contribution in [3.05, 3.63) is 18.2 Å². The fourth-order valence-electron chi connectivity index (χ4n) is 2.54. The summed E-state index contributed by atoms with van der Waals surface area (Å²) in [5, 5.41) is 0. The first-order chi connectivity index (χ1) is 8.97. The Bertz CT molecular complexity index is 424. The topological polar surface area (TPSA) is 47.7 Å². The monoisotopic (exact) mass is 264 g/mol. The van der Waals surface area contributed by atoms with Crippen LogP contribution in [0, 0.1) is 0 Å². The maximum absolute atomic E-state index is 6.25. The molecule has 1 saturated heterocycles. The molecule has 2 unspecified atom stereocenters. The Morgan fingerprint density at radius 1 is 1.26 bits per heavy atom. The van der Waals surface area contributed by atoms with Crippen LogP contribution >= 0.6 is 0 Å². The highest BCUT2D eigenvalue weighted by Crippen LogP contribution is 2.34. The molecule has 19 heavy (non-hydrogen) atoms. The van der Waals surface area contributed by atoms with E-state index >= 15 is 0 Å². The van der Waals surface area contributed by atoms with Gasteiger partial charge in [0.1, 0.15) is 5.75 Å². The summed E-state index contributed by atoms with van der Waals surface area (Å²) in [4.78, 5) is 2.28. The lowest BCUT2D eigenvalue weighted by atomic mass is 10.1. The molecule has 1 fully saturated rings. The van der Waals surface area contributed by atoms with E-state index in [0.29, 0.717) is 0 Å². The number of benzene rings is 1. The molecule has 2 atom stereocenters. The summed E-state index contributed by atoms with van der Waals surface area (Å²) < 4.78 is 11.5. The lowest BCUT2D eigenvalue weighted by Gasteiger charge is -2.37. The van der Waals surface area contributed by atoms with Crippen LogP contribution in [-0.4, -0.2) is 31.4 Å². The minimum absolute atomic E-state index is 0.125. The van der Waals surface area contributed by atoms with E-state index in [1.807, 2.05) is 32.0 Å². The maximum Gasteiger partial charge on any atom is 0.144 e. The number of anilines is 2. The summed E-state index contributed by atoms with van der Waals surface area (Å²) in [6, 6.07) is 5.97. The standard InChI is InChI=1S/C15H24N2O2/c1-10(2)18-14-7-5-6-13(15(14)16)17-8-11(3)19-12(4)9-17/h5-7,10-12H,8-9,16H2,1-4H3. The van der Waals surface area contributed by atoms with Gasteiger partial charge < -0.3 is 20.1 Å². The predicted molar refractivity (Wildman–Crippen MR) is 78.8 cm³/mol. The summed E-state index contributed by atoms with van der Waals surface area (Å²) >= 11 is 0. The average molecular weight is 264 g/mol. The van der Waals surface area contributed by atoms with Gasteiger partial charge in [-0.25, -0.2) is 0 Å². The van der Waals surface area contributed by atoms with Crippen molar-refractivity contribution in [2.24, 2.45) is 0 Å². The lowest BCUT2D eigenvalue weighted by molar-refractivity contribution is -0.00518. The second-order valence-electron chi connectivity index (χ2n) is 5.52. The number of hydrogen-bond acceptors (Lipinski definition) is 4. The van der Waals surface area contributed by atoms with Crippen LogP contribution in [0.5, 0.6) is 5.75 Å². The van der Waals surface area contributed by atoms with Gasteiger partial charge in [0.2, 0.25) is 0 Å². The normalized spacial score (nSPS) is 23.7. The summed E-state index contributed by atoms with van der Waals surface area (Å²) in [6.07, 6.45) is 0.565. The van der Waals surface area contributed by atoms with Crippen molar-refractivity contribution in [1.29, 1.82) is 0 Å². The van der Waals surface area contributed by atoms with Crippen molar-refractivity contribution in [3.63, 3.8) is 0 Å². The van der Waals surface area contributed by atoms with E-state index in [2.05, 4.69) is 18.7 Å². The third kappa shape index (κ3) is 3.32. The lowest BCUT2D eigenvalue weighted by Crippen LogP contribution is -2.45. The highest BCUT2D eigenvalue weighted by atomic mass is 16.5. The minimum atomic E-state index is 0.125. The highest BCUT2D eigenvalue weighted by molar-refractivity contribution is 5.74. The molecule has 4 heteroatoms. The largest absolute Gasteiger partial charge is 0.489 e. The maximum atomic E-state index is 6.25. The second kappa shape index (κ2) is 5.70. The number of rotatable bonds is 3. The Morgan fingerprint density at radius 2 is 1.89 bits per heavy atom. The molecule has 1 aliphatic rings. The minimum Gasteiger partial charge on any atom is -0.489 e. The molecule has 0 spiro atoms. The van der Waals surface area contributed by atoms with Crippen molar-refractivity contribution < 1.29 is 9.47 Å². The number of nitrogens with two attached hydrogens (primary N) is 1. The van der Waals surface area contributed by atoms with Crippen LogP contribution in [0.4, 0.5) is 11.4 Å². The van der Waals surface area contributed by atoms with Crippen LogP contribution < -0.4 is 15.4 Å². The van der Waals surface area contributed by atoms with Gasteiger partial charge in [-0.2, -0.15) is 0 Å². The first-order valence-electron chi connectivity index (χ1n) is 6.93. The number of nitrogens with zero attached hydrogens (tertiary/aromatic N) is 1. The molecule has 4 nitrogen and oxygen atoms in total. The second-order valence-corrected chi connectivity index (χ2v) is 5.52. The van der Waals surface area contributed by atoms with Gasteiger partial charge in [0.15, 0.2) is 0 Å². The molecule has 2 N–H and O–H groups in total. The smallest absolute Gasteiger partial charge is 0.144 e. The Balaban J connectivity index is 2.24. The number of hydrogen-bond donors (Lipinski definition) is 1. The first-order valence-corrected chi connectivity index (χ1v) is 6.93. The van der Waals surface area contributed by atoms with Gasteiger partial charge in [-0.15, -0.1) is 0 Å². The molecule has 1 heterocycles. The number of ether oxygens (including phenoxy) is 2. The molecule has 1 aromatic rings. The predicted octanol–water partition coefficient (Wildman–Crippen LogP) is 2.67. The molecular weight excluding hydrogens is 240 g/mol. The quantitative estimate of drug-likeness (QED) is 0.853. The van der Waals surface area contributed by atoms with E-state index in [-0.39, 0.29) is 18.3 Å². The molecule has 0 radical (unpaired) electrons. The summed E-state index contributed by atoms with van der Waals surface area (Å²) in [5.74, 6) is 0.763. The summed E-state index contributed by atoms with van der Waals surface area (Å²) in [6.45, 7) is 9.91. The van der Waals surface area contributed by atoms with E-state index in [9.17, 15) is 0 Å². The zero-order valence-corrected chi connectivity index (χ0v) is 12.2. The molecule has 1 aliphatic heterocycles. The van der Waals surface area contributed by atoms with Crippen LogP contribution in [0.2, 0.25) is 0 Å². The van der Waals surface area contributed by atoms with E-state index in [4.69, 9.17) is 15.2 Å². The van der Waals surface area contributed by atoms with Gasteiger partial charge in [-0.05, 0) is 39.8 Å². The molecule has 1 aromatic carbocycles. The van der Waals surface area contributed by atoms with E-state index in [0.717, 1.165) is 30.2 Å². The van der Waals surface area contributed by atoms with Crippen LogP contribution in [0.1, 0.15) is 27.7 Å². The van der Waals surface area contributed by atoms with Crippen LogP contribution in [0.25, 0.3) is 0 Å². The van der Waals surface area contributed by atoms with E-state index in [1.54, 1.807) is 0 Å². The Labute approximate surface area is 115 Å². The van der Waals surface area contributed by atoms with Crippen LogP contribution in [0.15, 0.2) is 18.2 Å². The van der Waals surface area contributed by atoms with Crippen molar-refractivity contribution in [1.82, 2.24) is 0 Å². The highest BCUT2D eigenvalue weighted by Gasteiger charge is 2.24. The SMILES string of the molecule is CC(C)Oc1cccc(N2CC(C)OC(C)C2)c1N. The summed E-state index contributed by atoms with van der Waals surface area (Å²) in [5.41, 5.74) is 8.01. The molecular formula is C15H24N2O2. The average Bonchev–Trinajstić information content (AvgIpc) is 2.30. The van der Waals surface area contributed by atoms with E-state index < -0.39 is 0 Å². The van der Waals surface area contributed by atoms with Gasteiger partial charge in [-0.3, -0.25) is 0 Å². The van der Waals surface area contributed by atoms with Gasteiger partial charge in [-0.1, -0.05) is 6.07 Å². The molecule has 106 valence electrons. The molecule has 0 amide bonds. The molecule has 0 aliphatic carbocycles. The third-order valence-corrected chi connectivity index (χ3v) is 3.17. The van der Waals surface area contributed by atoms with Gasteiger partial charge >= 0.3 is 0 Å². The van der Waals surface area contributed by atoms with Gasteiger partial charge in [0, 0.05) is 13.1 Å². The molecule has 0 saturated carbocycles. The van der Waals surface area contributed by atoms with Crippen molar-refractivity contribution in [2.45, 2.75) is 46.0 Å². The number of nitrogen functional groups attached to an aromatic ring is 1. The van der Waals surface area contributed by atoms with Crippen molar-refractivity contribution in [3.8, 4) is 5.75 Å². The number of morpholine rings is 1. The molecule has 0 aromatic heterocycles. The van der Waals surface area contributed by atoms with Crippen LogP contribution in [0.3, 0.4) is 0 Å². The fraction of sp³-hybridized carbons (Fsp3) is 0.600. The molecule has 0 bridgehead atoms. The van der Waals surface area contributed by atoms with Crippen LogP contribution in [-0.2, 0) is 4.74 Å².